The number of nitrogens with two attached hydrogens (primary N) is 1. The van der Waals surface area contributed by atoms with Crippen molar-refractivity contribution in [1.82, 2.24) is 0 Å². The third kappa shape index (κ3) is 3.51. The van der Waals surface area contributed by atoms with Crippen LogP contribution in [0.25, 0.3) is 0 Å². The van der Waals surface area contributed by atoms with E-state index in [1.807, 2.05) is 18.2 Å². The highest BCUT2D eigenvalue weighted by Crippen LogP contribution is 2.32. The number of hydrogen-bond acceptors (Lipinski definition) is 5. The Morgan fingerprint density at radius 1 is 0.880 bits per heavy atom. The number of aliphatic imine (C=N–C) groups is 2. The lowest BCUT2D eigenvalue weighted by Crippen LogP contribution is -2.25. The van der Waals surface area contributed by atoms with Gasteiger partial charge in [0.1, 0.15) is 13.2 Å². The van der Waals surface area contributed by atoms with Crippen molar-refractivity contribution in [3.05, 3.63) is 29.3 Å². The van der Waals surface area contributed by atoms with Crippen molar-refractivity contribution in [2.45, 2.75) is 53.6 Å². The molecule has 2 aliphatic heterocycles. The maximum atomic E-state index is 6.27. The van der Waals surface area contributed by atoms with Crippen LogP contribution in [-0.4, -0.2) is 37.1 Å². The summed E-state index contributed by atoms with van der Waals surface area (Å²) in [6.07, 6.45) is 0. The van der Waals surface area contributed by atoms with Gasteiger partial charge in [-0.3, -0.25) is 0 Å². The van der Waals surface area contributed by atoms with Gasteiger partial charge in [0.15, 0.2) is 0 Å². The average Bonchev–Trinajstić information content (AvgIpc) is 3.15. The molecule has 2 N–H and O–H groups in total. The van der Waals surface area contributed by atoms with Crippen LogP contribution in [0.15, 0.2) is 28.2 Å². The van der Waals surface area contributed by atoms with Gasteiger partial charge in [0.2, 0.25) is 11.8 Å². The summed E-state index contributed by atoms with van der Waals surface area (Å²) in [4.78, 5) is 9.59. The van der Waals surface area contributed by atoms with Crippen LogP contribution in [0.1, 0.15) is 52.7 Å². The molecule has 0 radical (unpaired) electrons. The van der Waals surface area contributed by atoms with Crippen molar-refractivity contribution >= 4 is 17.5 Å². The Kier molecular flexibility index (Phi) is 4.30. The molecule has 1 aromatic rings. The minimum atomic E-state index is 0.0458. The van der Waals surface area contributed by atoms with Crippen LogP contribution in [0, 0.1) is 10.8 Å². The molecule has 2 aliphatic rings. The van der Waals surface area contributed by atoms with Crippen LogP contribution in [-0.2, 0) is 9.47 Å². The van der Waals surface area contributed by atoms with Crippen LogP contribution in [0.5, 0.6) is 0 Å². The van der Waals surface area contributed by atoms with E-state index in [-0.39, 0.29) is 22.9 Å². The number of nitrogen functional groups attached to an aromatic ring is 1. The number of anilines is 1. The summed E-state index contributed by atoms with van der Waals surface area (Å²) in [5.74, 6) is 1.23. The topological polar surface area (TPSA) is 69.2 Å². The smallest absolute Gasteiger partial charge is 0.219 e. The zero-order valence-electron chi connectivity index (χ0n) is 16.1. The summed E-state index contributed by atoms with van der Waals surface area (Å²) >= 11 is 0. The molecule has 0 saturated heterocycles. The third-order valence-corrected chi connectivity index (χ3v) is 4.84. The van der Waals surface area contributed by atoms with Gasteiger partial charge in [-0.25, -0.2) is 9.98 Å². The molecule has 2 unspecified atom stereocenters. The summed E-state index contributed by atoms with van der Waals surface area (Å²) < 4.78 is 11.8. The second-order valence-corrected chi connectivity index (χ2v) is 9.02. The minimum absolute atomic E-state index is 0.0458. The Morgan fingerprint density at radius 3 is 1.92 bits per heavy atom. The first kappa shape index (κ1) is 17.8. The molecule has 0 spiro atoms. The maximum absolute atomic E-state index is 6.27. The van der Waals surface area contributed by atoms with Crippen LogP contribution >= 0.6 is 0 Å². The van der Waals surface area contributed by atoms with E-state index < -0.39 is 0 Å². The quantitative estimate of drug-likeness (QED) is 0.833. The lowest BCUT2D eigenvalue weighted by molar-refractivity contribution is 0.234. The van der Waals surface area contributed by atoms with E-state index in [4.69, 9.17) is 25.2 Å². The highest BCUT2D eigenvalue weighted by molar-refractivity contribution is 6.11. The second-order valence-electron chi connectivity index (χ2n) is 9.02. The highest BCUT2D eigenvalue weighted by Gasteiger charge is 2.35. The predicted octanol–water partition coefficient (Wildman–Crippen LogP) is 3.65. The van der Waals surface area contributed by atoms with E-state index in [2.05, 4.69) is 41.5 Å². The highest BCUT2D eigenvalue weighted by atomic mass is 16.5. The summed E-state index contributed by atoms with van der Waals surface area (Å²) in [5.41, 5.74) is 8.67. The summed E-state index contributed by atoms with van der Waals surface area (Å²) in [5, 5.41) is 0. The Balaban J connectivity index is 2.00. The summed E-state index contributed by atoms with van der Waals surface area (Å²) in [6.45, 7) is 14.2. The average molecular weight is 343 g/mol. The largest absolute Gasteiger partial charge is 0.475 e. The molecule has 0 amide bonds. The Bertz CT molecular complexity index is 723. The Labute approximate surface area is 150 Å². The Hall–Kier alpha value is -2.04. The molecule has 2 heterocycles. The molecule has 25 heavy (non-hydrogen) atoms. The molecule has 136 valence electrons. The van der Waals surface area contributed by atoms with Crippen LogP contribution < -0.4 is 5.73 Å². The lowest BCUT2D eigenvalue weighted by Gasteiger charge is -2.21. The molecule has 0 fully saturated rings. The van der Waals surface area contributed by atoms with Crippen molar-refractivity contribution in [2.24, 2.45) is 20.8 Å². The molecule has 3 rings (SSSR count). The minimum Gasteiger partial charge on any atom is -0.475 e. The van der Waals surface area contributed by atoms with E-state index in [9.17, 15) is 0 Å². The predicted molar refractivity (Wildman–Crippen MR) is 102 cm³/mol. The molecule has 2 atom stereocenters. The van der Waals surface area contributed by atoms with Gasteiger partial charge < -0.3 is 15.2 Å². The lowest BCUT2D eigenvalue weighted by atomic mass is 9.88. The van der Waals surface area contributed by atoms with Gasteiger partial charge >= 0.3 is 0 Å². The van der Waals surface area contributed by atoms with Gasteiger partial charge in [-0.05, 0) is 23.0 Å². The maximum Gasteiger partial charge on any atom is 0.219 e. The molecule has 0 bridgehead atoms. The van der Waals surface area contributed by atoms with E-state index in [1.165, 1.54) is 0 Å². The zero-order chi connectivity index (χ0) is 18.4. The number of benzene rings is 1. The Morgan fingerprint density at radius 2 is 1.40 bits per heavy atom. The normalized spacial score (nSPS) is 23.8. The first-order chi connectivity index (χ1) is 11.6. The van der Waals surface area contributed by atoms with E-state index in [0.717, 1.165) is 11.1 Å². The van der Waals surface area contributed by atoms with Gasteiger partial charge in [0, 0.05) is 5.69 Å². The standard InChI is InChI=1S/C20H29N3O2/c1-19(2,3)14-10-24-17(22-14)12-8-7-9-13(21)16(12)18-23-15(11-25-18)20(4,5)6/h7-9,14-15H,10-11,21H2,1-6H3. The first-order valence-corrected chi connectivity index (χ1v) is 8.88. The molecule has 0 aromatic heterocycles. The molecular weight excluding hydrogens is 314 g/mol. The molecule has 5 heteroatoms. The van der Waals surface area contributed by atoms with Crippen molar-refractivity contribution in [2.75, 3.05) is 18.9 Å². The van der Waals surface area contributed by atoms with E-state index in [1.54, 1.807) is 0 Å². The number of ether oxygens (including phenoxy) is 2. The molecule has 0 saturated carbocycles. The van der Waals surface area contributed by atoms with Gasteiger partial charge in [-0.15, -0.1) is 0 Å². The molecule has 0 aliphatic carbocycles. The molecule has 5 nitrogen and oxygen atoms in total. The number of hydrogen-bond donors (Lipinski definition) is 1. The van der Waals surface area contributed by atoms with Crippen molar-refractivity contribution in [3.8, 4) is 0 Å². The van der Waals surface area contributed by atoms with Crippen LogP contribution in [0.3, 0.4) is 0 Å². The fraction of sp³-hybridized carbons (Fsp3) is 0.600. The van der Waals surface area contributed by atoms with Gasteiger partial charge in [0.05, 0.1) is 23.2 Å². The monoisotopic (exact) mass is 343 g/mol. The zero-order valence-corrected chi connectivity index (χ0v) is 16.1. The summed E-state index contributed by atoms with van der Waals surface area (Å²) in [7, 11) is 0. The van der Waals surface area contributed by atoms with Gasteiger partial charge in [-0.2, -0.15) is 0 Å². The third-order valence-electron chi connectivity index (χ3n) is 4.84. The van der Waals surface area contributed by atoms with Crippen LogP contribution in [0.4, 0.5) is 5.69 Å². The number of nitrogens with zero attached hydrogens (tertiary/aromatic N) is 2. The summed E-state index contributed by atoms with van der Waals surface area (Å²) in [6, 6.07) is 6.01. The van der Waals surface area contributed by atoms with Gasteiger partial charge in [0.25, 0.3) is 0 Å². The number of rotatable bonds is 2. The van der Waals surface area contributed by atoms with E-state index >= 15 is 0 Å². The molecule has 1 aromatic carbocycles. The van der Waals surface area contributed by atoms with Crippen LogP contribution in [0.2, 0.25) is 0 Å². The fourth-order valence-corrected chi connectivity index (χ4v) is 2.91. The van der Waals surface area contributed by atoms with Gasteiger partial charge in [-0.1, -0.05) is 47.6 Å². The van der Waals surface area contributed by atoms with E-state index in [0.29, 0.717) is 30.7 Å². The fourth-order valence-electron chi connectivity index (χ4n) is 2.91. The SMILES string of the molecule is CC(C)(C)C1COC(c2cccc(N)c2C2=NC(C(C)(C)C)CO2)=N1. The van der Waals surface area contributed by atoms with Crippen molar-refractivity contribution < 1.29 is 9.47 Å². The first-order valence-electron chi connectivity index (χ1n) is 8.88. The van der Waals surface area contributed by atoms with Crippen molar-refractivity contribution in [3.63, 3.8) is 0 Å². The second kappa shape index (κ2) is 6.04. The van der Waals surface area contributed by atoms with Crippen molar-refractivity contribution in [1.29, 1.82) is 0 Å². The molecular formula is C20H29N3O2.